The first kappa shape index (κ1) is 14.4. The normalized spacial score (nSPS) is 27.2. The predicted octanol–water partition coefficient (Wildman–Crippen LogP) is 3.93. The Bertz CT molecular complexity index is 389. The van der Waals surface area contributed by atoms with Crippen LogP contribution in [0.1, 0.15) is 45.1 Å². The molecule has 2 nitrogen and oxygen atoms in total. The van der Waals surface area contributed by atoms with Crippen LogP contribution in [-0.4, -0.2) is 18.7 Å². The van der Waals surface area contributed by atoms with Crippen LogP contribution in [0, 0.1) is 12.8 Å². The summed E-state index contributed by atoms with van der Waals surface area (Å²) in [6.07, 6.45) is 5.21. The zero-order valence-electron chi connectivity index (χ0n) is 12.5. The van der Waals surface area contributed by atoms with E-state index < -0.39 is 0 Å². The molecule has 1 N–H and O–H groups in total. The van der Waals surface area contributed by atoms with Crippen molar-refractivity contribution < 1.29 is 4.74 Å². The van der Waals surface area contributed by atoms with Gasteiger partial charge in [-0.3, -0.25) is 0 Å². The van der Waals surface area contributed by atoms with Gasteiger partial charge in [0, 0.05) is 6.04 Å². The number of aryl methyl sites for hydroxylation is 1. The van der Waals surface area contributed by atoms with Crippen molar-refractivity contribution in [1.29, 1.82) is 0 Å². The van der Waals surface area contributed by atoms with Gasteiger partial charge in [0.05, 0.1) is 0 Å². The molecule has 0 radical (unpaired) electrons. The predicted molar refractivity (Wildman–Crippen MR) is 80.7 cm³/mol. The molecule has 1 aliphatic carbocycles. The van der Waals surface area contributed by atoms with Crippen molar-refractivity contribution in [2.75, 3.05) is 6.54 Å². The highest BCUT2D eigenvalue weighted by molar-refractivity contribution is 5.32. The minimum absolute atomic E-state index is 0.316. The van der Waals surface area contributed by atoms with E-state index in [1.165, 1.54) is 24.8 Å². The molecule has 0 amide bonds. The van der Waals surface area contributed by atoms with E-state index >= 15 is 0 Å². The molecule has 106 valence electrons. The lowest BCUT2D eigenvalue weighted by atomic mass is 9.85. The van der Waals surface area contributed by atoms with Crippen LogP contribution in [0.2, 0.25) is 0 Å². The first-order valence-corrected chi connectivity index (χ1v) is 7.66. The van der Waals surface area contributed by atoms with Gasteiger partial charge in [-0.2, -0.15) is 0 Å². The molecule has 1 aliphatic rings. The zero-order chi connectivity index (χ0) is 13.7. The molecule has 1 aromatic rings. The molecule has 0 aromatic heterocycles. The summed E-state index contributed by atoms with van der Waals surface area (Å²) < 4.78 is 6.30. The molecule has 3 unspecified atom stereocenters. The number of para-hydroxylation sites is 1. The molecule has 0 bridgehead atoms. The molecular weight excluding hydrogens is 234 g/mol. The molecule has 0 heterocycles. The van der Waals surface area contributed by atoms with Gasteiger partial charge >= 0.3 is 0 Å². The van der Waals surface area contributed by atoms with Crippen molar-refractivity contribution in [3.8, 4) is 5.75 Å². The highest BCUT2D eigenvalue weighted by Gasteiger charge is 2.29. The summed E-state index contributed by atoms with van der Waals surface area (Å²) in [4.78, 5) is 0. The van der Waals surface area contributed by atoms with Crippen LogP contribution in [-0.2, 0) is 0 Å². The molecule has 0 spiro atoms. The quantitative estimate of drug-likeness (QED) is 0.867. The molecule has 1 fully saturated rings. The minimum Gasteiger partial charge on any atom is -0.489 e. The summed E-state index contributed by atoms with van der Waals surface area (Å²) in [5.74, 6) is 1.82. The smallest absolute Gasteiger partial charge is 0.122 e. The molecule has 0 aliphatic heterocycles. The lowest BCUT2D eigenvalue weighted by molar-refractivity contribution is 0.0902. The van der Waals surface area contributed by atoms with E-state index in [1.54, 1.807) is 0 Å². The van der Waals surface area contributed by atoms with Crippen LogP contribution in [0.25, 0.3) is 0 Å². The monoisotopic (exact) mass is 261 g/mol. The number of nitrogens with one attached hydrogen (secondary N) is 1. The standard InChI is InChI=1S/C17H27NO/c1-4-11-18-15-10-9-13(2)12-17(15)19-16-8-6-5-7-14(16)3/h5-8,13,15,17-18H,4,9-12H2,1-3H3. The zero-order valence-corrected chi connectivity index (χ0v) is 12.5. The molecule has 1 saturated carbocycles. The van der Waals surface area contributed by atoms with Crippen LogP contribution >= 0.6 is 0 Å². The van der Waals surface area contributed by atoms with Gasteiger partial charge in [-0.25, -0.2) is 0 Å². The summed E-state index contributed by atoms with van der Waals surface area (Å²) in [5, 5.41) is 3.66. The van der Waals surface area contributed by atoms with Gasteiger partial charge in [-0.05, 0) is 56.7 Å². The Morgan fingerprint density at radius 3 is 2.79 bits per heavy atom. The number of hydrogen-bond acceptors (Lipinski definition) is 2. The highest BCUT2D eigenvalue weighted by atomic mass is 16.5. The fraction of sp³-hybridized carbons (Fsp3) is 0.647. The largest absolute Gasteiger partial charge is 0.489 e. The van der Waals surface area contributed by atoms with E-state index in [1.807, 2.05) is 0 Å². The number of benzene rings is 1. The molecule has 3 atom stereocenters. The maximum Gasteiger partial charge on any atom is 0.122 e. The molecule has 2 rings (SSSR count). The van der Waals surface area contributed by atoms with Crippen molar-refractivity contribution in [3.05, 3.63) is 29.8 Å². The van der Waals surface area contributed by atoms with Crippen LogP contribution < -0.4 is 10.1 Å². The molecule has 2 heteroatoms. The maximum absolute atomic E-state index is 6.30. The second kappa shape index (κ2) is 6.95. The summed E-state index contributed by atoms with van der Waals surface area (Å²) in [5.41, 5.74) is 1.23. The van der Waals surface area contributed by atoms with Crippen LogP contribution in [0.15, 0.2) is 24.3 Å². The first-order valence-electron chi connectivity index (χ1n) is 7.66. The van der Waals surface area contributed by atoms with Crippen LogP contribution in [0.4, 0.5) is 0 Å². The molecule has 1 aromatic carbocycles. The van der Waals surface area contributed by atoms with Crippen molar-refractivity contribution in [2.24, 2.45) is 5.92 Å². The first-order chi connectivity index (χ1) is 9.20. The Kier molecular flexibility index (Phi) is 5.26. The Balaban J connectivity index is 2.03. The third-order valence-corrected chi connectivity index (χ3v) is 4.08. The molecule has 0 saturated heterocycles. The lowest BCUT2D eigenvalue weighted by Crippen LogP contribution is -2.47. The van der Waals surface area contributed by atoms with E-state index in [9.17, 15) is 0 Å². The third kappa shape index (κ3) is 3.97. The van der Waals surface area contributed by atoms with E-state index in [-0.39, 0.29) is 0 Å². The van der Waals surface area contributed by atoms with Crippen LogP contribution in [0.3, 0.4) is 0 Å². The van der Waals surface area contributed by atoms with E-state index in [4.69, 9.17) is 4.74 Å². The Labute approximate surface area is 117 Å². The van der Waals surface area contributed by atoms with Gasteiger partial charge in [0.1, 0.15) is 11.9 Å². The van der Waals surface area contributed by atoms with Gasteiger partial charge in [-0.1, -0.05) is 32.0 Å². The van der Waals surface area contributed by atoms with Crippen molar-refractivity contribution in [2.45, 2.75) is 58.6 Å². The van der Waals surface area contributed by atoms with E-state index in [2.05, 4.69) is 50.4 Å². The summed E-state index contributed by atoms with van der Waals surface area (Å²) in [7, 11) is 0. The number of hydrogen-bond donors (Lipinski definition) is 1. The molecule has 19 heavy (non-hydrogen) atoms. The van der Waals surface area contributed by atoms with Gasteiger partial charge in [0.25, 0.3) is 0 Å². The van der Waals surface area contributed by atoms with Crippen molar-refractivity contribution >= 4 is 0 Å². The average molecular weight is 261 g/mol. The summed E-state index contributed by atoms with van der Waals surface area (Å²) in [6, 6.07) is 8.85. The van der Waals surface area contributed by atoms with E-state index in [0.29, 0.717) is 12.1 Å². The van der Waals surface area contributed by atoms with Crippen molar-refractivity contribution in [1.82, 2.24) is 5.32 Å². The Hall–Kier alpha value is -1.02. The fourth-order valence-corrected chi connectivity index (χ4v) is 2.87. The Morgan fingerprint density at radius 1 is 1.26 bits per heavy atom. The van der Waals surface area contributed by atoms with Gasteiger partial charge in [0.2, 0.25) is 0 Å². The van der Waals surface area contributed by atoms with Gasteiger partial charge in [0.15, 0.2) is 0 Å². The maximum atomic E-state index is 6.30. The fourth-order valence-electron chi connectivity index (χ4n) is 2.87. The summed E-state index contributed by atoms with van der Waals surface area (Å²) >= 11 is 0. The third-order valence-electron chi connectivity index (χ3n) is 4.08. The minimum atomic E-state index is 0.316. The van der Waals surface area contributed by atoms with Gasteiger partial charge < -0.3 is 10.1 Å². The second-order valence-electron chi connectivity index (χ2n) is 5.90. The van der Waals surface area contributed by atoms with E-state index in [0.717, 1.165) is 24.6 Å². The van der Waals surface area contributed by atoms with Crippen molar-refractivity contribution in [3.63, 3.8) is 0 Å². The number of ether oxygens (including phenoxy) is 1. The summed E-state index contributed by atoms with van der Waals surface area (Å²) in [6.45, 7) is 7.77. The Morgan fingerprint density at radius 2 is 2.05 bits per heavy atom. The highest BCUT2D eigenvalue weighted by Crippen LogP contribution is 2.29. The van der Waals surface area contributed by atoms with Crippen LogP contribution in [0.5, 0.6) is 5.75 Å². The second-order valence-corrected chi connectivity index (χ2v) is 5.90. The molecular formula is C17H27NO. The van der Waals surface area contributed by atoms with Gasteiger partial charge in [-0.15, -0.1) is 0 Å². The average Bonchev–Trinajstić information content (AvgIpc) is 2.40. The topological polar surface area (TPSA) is 21.3 Å². The lowest BCUT2D eigenvalue weighted by Gasteiger charge is -2.36. The SMILES string of the molecule is CCCNC1CCC(C)CC1Oc1ccccc1C. The number of rotatable bonds is 5.